The third-order valence-electron chi connectivity index (χ3n) is 4.45. The number of nitrogens with one attached hydrogen (secondary N) is 2. The molecular weight excluding hydrogens is 392 g/mol. The van der Waals surface area contributed by atoms with Crippen LogP contribution in [0.2, 0.25) is 0 Å². The number of nitro benzene ring substituents is 2. The molecule has 0 heterocycles. The summed E-state index contributed by atoms with van der Waals surface area (Å²) in [6, 6.07) is 8.41. The number of anilines is 2. The summed E-state index contributed by atoms with van der Waals surface area (Å²) in [4.78, 5) is 44.6. The van der Waals surface area contributed by atoms with Crippen LogP contribution in [0.4, 0.5) is 22.7 Å². The molecule has 0 bridgehead atoms. The molecule has 158 valence electrons. The fraction of sp³-hybridized carbons (Fsp3) is 0.300. The van der Waals surface area contributed by atoms with Crippen molar-refractivity contribution in [3.8, 4) is 0 Å². The molecule has 0 saturated heterocycles. The second-order valence-corrected chi connectivity index (χ2v) is 6.82. The molecule has 10 nitrogen and oxygen atoms in total. The zero-order valence-corrected chi connectivity index (χ0v) is 16.6. The number of nitrogens with zero attached hydrogens (tertiary/aromatic N) is 2. The molecule has 0 unspecified atom stereocenters. The van der Waals surface area contributed by atoms with E-state index in [0.29, 0.717) is 35.3 Å². The minimum Gasteiger partial charge on any atom is -0.326 e. The van der Waals surface area contributed by atoms with Crippen LogP contribution in [0.1, 0.15) is 36.8 Å². The SMILES string of the molecule is Cc1cc([N+](=O)[O-])ccc1NC(=O)CCCCC(=O)Nc1ccc([N+](=O)[O-])cc1C. The number of hydrogen-bond donors (Lipinski definition) is 2. The Kier molecular flexibility index (Phi) is 7.56. The minimum absolute atomic E-state index is 0.0419. The molecule has 10 heteroatoms. The van der Waals surface area contributed by atoms with E-state index in [9.17, 15) is 29.8 Å². The number of hydrogen-bond acceptors (Lipinski definition) is 6. The Morgan fingerprint density at radius 1 is 0.767 bits per heavy atom. The Bertz CT molecular complexity index is 910. The van der Waals surface area contributed by atoms with E-state index in [4.69, 9.17) is 0 Å². The van der Waals surface area contributed by atoms with Gasteiger partial charge in [0.2, 0.25) is 11.8 Å². The van der Waals surface area contributed by atoms with Gasteiger partial charge in [0.15, 0.2) is 0 Å². The van der Waals surface area contributed by atoms with Crippen LogP contribution >= 0.6 is 0 Å². The highest BCUT2D eigenvalue weighted by molar-refractivity contribution is 5.92. The Morgan fingerprint density at radius 2 is 1.13 bits per heavy atom. The quantitative estimate of drug-likeness (QED) is 0.356. The summed E-state index contributed by atoms with van der Waals surface area (Å²) < 4.78 is 0. The fourth-order valence-electron chi connectivity index (χ4n) is 2.80. The molecule has 30 heavy (non-hydrogen) atoms. The zero-order valence-electron chi connectivity index (χ0n) is 16.6. The number of non-ortho nitro benzene ring substituents is 2. The fourth-order valence-corrected chi connectivity index (χ4v) is 2.80. The number of rotatable bonds is 9. The molecule has 0 atom stereocenters. The summed E-state index contributed by atoms with van der Waals surface area (Å²) in [5.41, 5.74) is 2.12. The molecule has 2 amide bonds. The second-order valence-electron chi connectivity index (χ2n) is 6.82. The normalized spacial score (nSPS) is 10.3. The number of unbranched alkanes of at least 4 members (excludes halogenated alkanes) is 1. The van der Waals surface area contributed by atoms with Crippen LogP contribution in [-0.2, 0) is 9.59 Å². The van der Waals surface area contributed by atoms with Gasteiger partial charge in [0, 0.05) is 48.5 Å². The monoisotopic (exact) mass is 414 g/mol. The van der Waals surface area contributed by atoms with E-state index < -0.39 is 9.85 Å². The number of aryl methyl sites for hydroxylation is 2. The van der Waals surface area contributed by atoms with Crippen LogP contribution in [-0.4, -0.2) is 21.7 Å². The lowest BCUT2D eigenvalue weighted by molar-refractivity contribution is -0.385. The van der Waals surface area contributed by atoms with Crippen LogP contribution in [0.25, 0.3) is 0 Å². The van der Waals surface area contributed by atoms with Gasteiger partial charge in [-0.15, -0.1) is 0 Å². The second kappa shape index (κ2) is 10.1. The summed E-state index contributed by atoms with van der Waals surface area (Å²) in [5.74, 6) is -0.475. The highest BCUT2D eigenvalue weighted by atomic mass is 16.6. The van der Waals surface area contributed by atoms with Crippen LogP contribution in [0.3, 0.4) is 0 Å². The van der Waals surface area contributed by atoms with Gasteiger partial charge in [0.05, 0.1) is 9.85 Å². The number of amides is 2. The van der Waals surface area contributed by atoms with Crippen molar-refractivity contribution >= 4 is 34.6 Å². The zero-order chi connectivity index (χ0) is 22.3. The van der Waals surface area contributed by atoms with Crippen molar-refractivity contribution in [1.29, 1.82) is 0 Å². The lowest BCUT2D eigenvalue weighted by Gasteiger charge is -2.09. The summed E-state index contributed by atoms with van der Waals surface area (Å²) >= 11 is 0. The first-order valence-corrected chi connectivity index (χ1v) is 9.27. The van der Waals surface area contributed by atoms with Gasteiger partial charge in [-0.3, -0.25) is 29.8 Å². The molecule has 2 rings (SSSR count). The van der Waals surface area contributed by atoms with Gasteiger partial charge in [-0.1, -0.05) is 0 Å². The van der Waals surface area contributed by atoms with E-state index in [0.717, 1.165) is 0 Å². The van der Waals surface area contributed by atoms with E-state index in [1.165, 1.54) is 36.4 Å². The van der Waals surface area contributed by atoms with Crippen molar-refractivity contribution < 1.29 is 19.4 Å². The van der Waals surface area contributed by atoms with Crippen LogP contribution in [0.15, 0.2) is 36.4 Å². The summed E-state index contributed by atoms with van der Waals surface area (Å²) in [5, 5.41) is 26.9. The third kappa shape index (κ3) is 6.36. The van der Waals surface area contributed by atoms with Gasteiger partial charge >= 0.3 is 0 Å². The van der Waals surface area contributed by atoms with E-state index in [2.05, 4.69) is 10.6 Å². The van der Waals surface area contributed by atoms with Gasteiger partial charge in [-0.2, -0.15) is 0 Å². The maximum Gasteiger partial charge on any atom is 0.269 e. The van der Waals surface area contributed by atoms with Crippen LogP contribution in [0.5, 0.6) is 0 Å². The van der Waals surface area contributed by atoms with E-state index in [1.54, 1.807) is 13.8 Å². The Hall–Kier alpha value is -3.82. The largest absolute Gasteiger partial charge is 0.326 e. The van der Waals surface area contributed by atoms with Crippen molar-refractivity contribution in [2.24, 2.45) is 0 Å². The van der Waals surface area contributed by atoms with Crippen molar-refractivity contribution in [2.75, 3.05) is 10.6 Å². The Labute approximate surface area is 172 Å². The van der Waals surface area contributed by atoms with Gasteiger partial charge in [-0.25, -0.2) is 0 Å². The predicted octanol–water partition coefficient (Wildman–Crippen LogP) is 4.26. The first kappa shape index (κ1) is 22.5. The minimum atomic E-state index is -0.498. The molecule has 2 aromatic rings. The topological polar surface area (TPSA) is 144 Å². The average Bonchev–Trinajstić information content (AvgIpc) is 2.68. The molecule has 0 aliphatic heterocycles. The molecule has 2 aromatic carbocycles. The highest BCUT2D eigenvalue weighted by Gasteiger charge is 2.12. The number of benzene rings is 2. The molecule has 0 spiro atoms. The van der Waals surface area contributed by atoms with Gasteiger partial charge in [0.1, 0.15) is 0 Å². The lowest BCUT2D eigenvalue weighted by Crippen LogP contribution is -2.14. The maximum atomic E-state index is 12.1. The van der Waals surface area contributed by atoms with Crippen molar-refractivity contribution in [3.05, 3.63) is 67.8 Å². The van der Waals surface area contributed by atoms with E-state index >= 15 is 0 Å². The van der Waals surface area contributed by atoms with E-state index in [1.807, 2.05) is 0 Å². The third-order valence-corrected chi connectivity index (χ3v) is 4.45. The molecule has 2 N–H and O–H groups in total. The predicted molar refractivity (Wildman–Crippen MR) is 111 cm³/mol. The van der Waals surface area contributed by atoms with Crippen molar-refractivity contribution in [1.82, 2.24) is 0 Å². The first-order valence-electron chi connectivity index (χ1n) is 9.27. The summed E-state index contributed by atoms with van der Waals surface area (Å²) in [6.45, 7) is 3.35. The highest BCUT2D eigenvalue weighted by Crippen LogP contribution is 2.22. The maximum absolute atomic E-state index is 12.1. The average molecular weight is 414 g/mol. The number of nitro groups is 2. The first-order chi connectivity index (χ1) is 14.2. The van der Waals surface area contributed by atoms with Crippen molar-refractivity contribution in [2.45, 2.75) is 39.5 Å². The van der Waals surface area contributed by atoms with Crippen molar-refractivity contribution in [3.63, 3.8) is 0 Å². The number of carbonyl (C=O) groups excluding carboxylic acids is 2. The standard InChI is InChI=1S/C20H22N4O6/c1-13-11-15(23(27)28)7-9-17(13)21-19(25)5-3-4-6-20(26)22-18-10-8-16(24(29)30)12-14(18)2/h7-12H,3-6H2,1-2H3,(H,21,25)(H,22,26). The lowest BCUT2D eigenvalue weighted by atomic mass is 10.1. The van der Waals surface area contributed by atoms with Gasteiger partial charge in [-0.05, 0) is 49.9 Å². The molecule has 0 aliphatic rings. The summed E-state index contributed by atoms with van der Waals surface area (Å²) in [6.07, 6.45) is 1.40. The molecular formula is C20H22N4O6. The Morgan fingerprint density at radius 3 is 1.43 bits per heavy atom. The van der Waals surface area contributed by atoms with Gasteiger partial charge < -0.3 is 10.6 Å². The smallest absolute Gasteiger partial charge is 0.269 e. The summed E-state index contributed by atoms with van der Waals surface area (Å²) in [7, 11) is 0. The number of carbonyl (C=O) groups is 2. The van der Waals surface area contributed by atoms with Crippen LogP contribution < -0.4 is 10.6 Å². The van der Waals surface area contributed by atoms with Gasteiger partial charge in [0.25, 0.3) is 11.4 Å². The molecule has 0 fully saturated rings. The van der Waals surface area contributed by atoms with Crippen LogP contribution in [0, 0.1) is 34.1 Å². The molecule has 0 radical (unpaired) electrons. The molecule has 0 aliphatic carbocycles. The van der Waals surface area contributed by atoms with E-state index in [-0.39, 0.29) is 36.0 Å². The Balaban J connectivity index is 1.75. The molecule has 0 aromatic heterocycles. The molecule has 0 saturated carbocycles.